The summed E-state index contributed by atoms with van der Waals surface area (Å²) in [6, 6.07) is 4.16. The van der Waals surface area contributed by atoms with Crippen LogP contribution in [0.2, 0.25) is 0 Å². The third-order valence-corrected chi connectivity index (χ3v) is 7.32. The highest BCUT2D eigenvalue weighted by Crippen LogP contribution is 2.40. The largest absolute Gasteiger partial charge is 0.458 e. The Morgan fingerprint density at radius 2 is 2.11 bits per heavy atom. The second-order valence-electron chi connectivity index (χ2n) is 9.34. The van der Waals surface area contributed by atoms with Crippen molar-refractivity contribution in [2.45, 2.75) is 51.6 Å². The zero-order valence-corrected chi connectivity index (χ0v) is 19.6. The van der Waals surface area contributed by atoms with Crippen LogP contribution in [0.1, 0.15) is 41.2 Å². The molecule has 1 aromatic carbocycles. The van der Waals surface area contributed by atoms with E-state index in [2.05, 4.69) is 15.8 Å². The number of pyridine rings is 2. The molecule has 2 aromatic heterocycles. The molecule has 3 aromatic rings. The van der Waals surface area contributed by atoms with E-state index in [1.54, 1.807) is 26.0 Å². The number of halogens is 1. The van der Waals surface area contributed by atoms with Crippen LogP contribution in [0.15, 0.2) is 23.0 Å². The number of carbonyl (C=O) groups excluding carboxylic acids is 2. The molecule has 10 nitrogen and oxygen atoms in total. The van der Waals surface area contributed by atoms with Gasteiger partial charge in [0.25, 0.3) is 5.56 Å². The average molecular weight is 494 g/mol. The Labute approximate surface area is 204 Å². The molecule has 1 saturated heterocycles. The third-order valence-electron chi connectivity index (χ3n) is 7.32. The number of cyclic esters (lactones) is 1. The van der Waals surface area contributed by atoms with E-state index < -0.39 is 29.0 Å². The first-order valence-electron chi connectivity index (χ1n) is 11.7. The van der Waals surface area contributed by atoms with E-state index in [-0.39, 0.29) is 49.8 Å². The second-order valence-corrected chi connectivity index (χ2v) is 9.34. The minimum absolute atomic E-state index is 0.0282. The Balaban J connectivity index is 1.55. The number of hydroxylamine groups is 1. The number of esters is 1. The lowest BCUT2D eigenvalue weighted by Gasteiger charge is -2.31. The molecular formula is C25H23FN4O6. The molecule has 0 saturated carbocycles. The van der Waals surface area contributed by atoms with Crippen molar-refractivity contribution in [3.05, 3.63) is 62.2 Å². The van der Waals surface area contributed by atoms with Gasteiger partial charge in [-0.05, 0) is 36.6 Å². The highest BCUT2D eigenvalue weighted by Gasteiger charge is 2.45. The molecule has 11 heteroatoms. The highest BCUT2D eigenvalue weighted by molar-refractivity contribution is 5.90. The summed E-state index contributed by atoms with van der Waals surface area (Å²) in [5.41, 5.74) is 3.73. The number of hydrogen-bond acceptors (Lipinski definition) is 8. The number of benzene rings is 1. The van der Waals surface area contributed by atoms with E-state index in [0.717, 1.165) is 0 Å². The monoisotopic (exact) mass is 494 g/mol. The number of aliphatic hydroxyl groups is 1. The van der Waals surface area contributed by atoms with Crippen LogP contribution in [0, 0.1) is 12.7 Å². The van der Waals surface area contributed by atoms with Crippen molar-refractivity contribution in [2.24, 2.45) is 0 Å². The first kappa shape index (κ1) is 22.8. The van der Waals surface area contributed by atoms with Gasteiger partial charge in [0.15, 0.2) is 5.60 Å². The van der Waals surface area contributed by atoms with Crippen molar-refractivity contribution >= 4 is 22.8 Å². The van der Waals surface area contributed by atoms with Gasteiger partial charge < -0.3 is 19.7 Å². The van der Waals surface area contributed by atoms with Crippen LogP contribution in [0.25, 0.3) is 22.3 Å². The van der Waals surface area contributed by atoms with Crippen molar-refractivity contribution in [1.29, 1.82) is 0 Å². The van der Waals surface area contributed by atoms with Crippen LogP contribution in [-0.4, -0.2) is 39.2 Å². The smallest absolute Gasteiger partial charge is 0.343 e. The molecule has 0 bridgehead atoms. The van der Waals surface area contributed by atoms with Crippen LogP contribution in [0.5, 0.6) is 0 Å². The SMILES string of the molecule is CC[C@@]1(O)C(=O)OCc2c1cc1n(c2=O)Cc2c-1nc1cc(F)c(C)cc1c2CNC(=O)[C@H]1CON1. The van der Waals surface area contributed by atoms with Crippen molar-refractivity contribution in [1.82, 2.24) is 20.3 Å². The van der Waals surface area contributed by atoms with Crippen LogP contribution in [0.4, 0.5) is 4.39 Å². The zero-order chi connectivity index (χ0) is 25.4. The molecule has 3 aliphatic rings. The highest BCUT2D eigenvalue weighted by atomic mass is 19.1. The van der Waals surface area contributed by atoms with E-state index in [0.29, 0.717) is 39.0 Å². The first-order valence-corrected chi connectivity index (χ1v) is 11.7. The molecule has 5 heterocycles. The van der Waals surface area contributed by atoms with Crippen molar-refractivity contribution in [3.63, 3.8) is 0 Å². The molecule has 3 N–H and O–H groups in total. The molecule has 36 heavy (non-hydrogen) atoms. The second kappa shape index (κ2) is 7.92. The summed E-state index contributed by atoms with van der Waals surface area (Å²) in [6.45, 7) is 3.62. The third kappa shape index (κ3) is 3.13. The summed E-state index contributed by atoms with van der Waals surface area (Å²) in [5.74, 6) is -1.48. The molecule has 0 spiro atoms. The quantitative estimate of drug-likeness (QED) is 0.359. The zero-order valence-electron chi connectivity index (χ0n) is 19.6. The lowest BCUT2D eigenvalue weighted by molar-refractivity contribution is -0.172. The summed E-state index contributed by atoms with van der Waals surface area (Å²) >= 11 is 0. The van der Waals surface area contributed by atoms with Gasteiger partial charge in [-0.15, -0.1) is 0 Å². The number of nitrogens with zero attached hydrogens (tertiary/aromatic N) is 2. The molecule has 0 unspecified atom stereocenters. The van der Waals surface area contributed by atoms with Gasteiger partial charge >= 0.3 is 5.97 Å². The average Bonchev–Trinajstić information content (AvgIpc) is 3.18. The molecule has 0 radical (unpaired) electrons. The minimum atomic E-state index is -1.94. The number of ether oxygens (including phenoxy) is 1. The van der Waals surface area contributed by atoms with Gasteiger partial charge in [0.1, 0.15) is 18.5 Å². The number of nitrogens with one attached hydrogen (secondary N) is 2. The van der Waals surface area contributed by atoms with Gasteiger partial charge in [0, 0.05) is 29.1 Å². The van der Waals surface area contributed by atoms with Crippen molar-refractivity contribution in [3.8, 4) is 11.4 Å². The number of carbonyl (C=O) groups is 2. The van der Waals surface area contributed by atoms with E-state index in [4.69, 9.17) is 9.57 Å². The Kier molecular flexibility index (Phi) is 5.01. The van der Waals surface area contributed by atoms with Crippen molar-refractivity contribution in [2.75, 3.05) is 6.61 Å². The fourth-order valence-corrected chi connectivity index (χ4v) is 5.09. The summed E-state index contributed by atoms with van der Waals surface area (Å²) < 4.78 is 21.1. The summed E-state index contributed by atoms with van der Waals surface area (Å²) in [6.07, 6.45) is 0.0282. The summed E-state index contributed by atoms with van der Waals surface area (Å²) in [7, 11) is 0. The van der Waals surface area contributed by atoms with E-state index in [1.807, 2.05) is 0 Å². The first-order chi connectivity index (χ1) is 17.2. The molecule has 2 atom stereocenters. The molecular weight excluding hydrogens is 471 g/mol. The number of fused-ring (bicyclic) bond motifs is 5. The lowest BCUT2D eigenvalue weighted by Crippen LogP contribution is -2.55. The standard InChI is InChI=1S/C25H23FN4O6/c1-3-25(34)16-5-20-21-14(8-30(20)23(32)15(16)9-35-24(25)33)13(7-27-22(31)19-10-36-29-19)12-4-11(2)17(26)6-18(12)28-21/h4-6,19,29,34H,3,7-10H2,1-2H3,(H,27,31)/t19-,25+/m1/s1. The summed E-state index contributed by atoms with van der Waals surface area (Å²) in [5, 5.41) is 14.6. The fraction of sp³-hybridized carbons (Fsp3) is 0.360. The van der Waals surface area contributed by atoms with Gasteiger partial charge in [-0.25, -0.2) is 14.2 Å². The number of amides is 1. The molecule has 1 fully saturated rings. The predicted molar refractivity (Wildman–Crippen MR) is 124 cm³/mol. The van der Waals surface area contributed by atoms with Gasteiger partial charge in [0.05, 0.1) is 35.6 Å². The van der Waals surface area contributed by atoms with Crippen LogP contribution < -0.4 is 16.4 Å². The van der Waals surface area contributed by atoms with Gasteiger partial charge in [-0.1, -0.05) is 6.92 Å². The Morgan fingerprint density at radius 1 is 1.33 bits per heavy atom. The normalized spacial score (nSPS) is 21.9. The van der Waals surface area contributed by atoms with Gasteiger partial charge in [0.2, 0.25) is 5.91 Å². The maximum atomic E-state index is 14.5. The number of rotatable bonds is 4. The molecule has 186 valence electrons. The van der Waals surface area contributed by atoms with E-state index in [1.165, 1.54) is 10.6 Å². The lowest BCUT2D eigenvalue weighted by atomic mass is 9.86. The molecule has 1 amide bonds. The van der Waals surface area contributed by atoms with Crippen LogP contribution >= 0.6 is 0 Å². The fourth-order valence-electron chi connectivity index (χ4n) is 5.09. The number of hydrogen-bond donors (Lipinski definition) is 3. The van der Waals surface area contributed by atoms with Gasteiger partial charge in [-0.2, -0.15) is 5.48 Å². The maximum absolute atomic E-state index is 14.5. The van der Waals surface area contributed by atoms with Gasteiger partial charge in [-0.3, -0.25) is 14.4 Å². The Bertz CT molecular complexity index is 1550. The number of aryl methyl sites for hydroxylation is 1. The molecule has 3 aliphatic heterocycles. The van der Waals surface area contributed by atoms with Crippen LogP contribution in [0.3, 0.4) is 0 Å². The van der Waals surface area contributed by atoms with Crippen LogP contribution in [-0.2, 0) is 44.5 Å². The predicted octanol–water partition coefficient (Wildman–Crippen LogP) is 1.05. The topological polar surface area (TPSA) is 132 Å². The maximum Gasteiger partial charge on any atom is 0.343 e. The number of aromatic nitrogens is 2. The van der Waals surface area contributed by atoms with Crippen molar-refractivity contribution < 1.29 is 28.7 Å². The van der Waals surface area contributed by atoms with E-state index in [9.17, 15) is 23.9 Å². The Hall–Kier alpha value is -3.67. The van der Waals surface area contributed by atoms with E-state index >= 15 is 0 Å². The minimum Gasteiger partial charge on any atom is -0.458 e. The summed E-state index contributed by atoms with van der Waals surface area (Å²) in [4.78, 5) is 47.9. The molecule has 6 rings (SSSR count). The molecule has 0 aliphatic carbocycles. The Morgan fingerprint density at radius 3 is 2.81 bits per heavy atom.